The summed E-state index contributed by atoms with van der Waals surface area (Å²) in [5.41, 5.74) is 0. The average molecular weight is 236 g/mol. The van der Waals surface area contributed by atoms with Gasteiger partial charge in [-0.15, -0.1) is 0 Å². The number of rotatable bonds is 10. The minimum atomic E-state index is 0.741. The molecule has 0 fully saturated rings. The van der Waals surface area contributed by atoms with E-state index < -0.39 is 0 Å². The van der Waals surface area contributed by atoms with Crippen molar-refractivity contribution in [1.29, 1.82) is 0 Å². The molecule has 0 bridgehead atoms. The van der Waals surface area contributed by atoms with Crippen LogP contribution < -0.4 is 0 Å². The number of hydrogen-bond acceptors (Lipinski definition) is 4. The molecule has 0 saturated carbocycles. The highest BCUT2D eigenvalue weighted by atomic mass is 31.1. The van der Waals surface area contributed by atoms with Crippen molar-refractivity contribution in [2.75, 3.05) is 53.6 Å². The fourth-order valence-corrected chi connectivity index (χ4v) is 2.25. The van der Waals surface area contributed by atoms with Crippen LogP contribution in [0.4, 0.5) is 0 Å². The van der Waals surface area contributed by atoms with E-state index in [2.05, 4.69) is 23.2 Å². The molecule has 0 aliphatic rings. The molecule has 0 heterocycles. The molecule has 1 atom stereocenters. The summed E-state index contributed by atoms with van der Waals surface area (Å²) >= 11 is 0. The Balaban J connectivity index is 3.86. The zero-order valence-corrected chi connectivity index (χ0v) is 11.5. The third kappa shape index (κ3) is 8.12. The molecule has 0 aliphatic carbocycles. The molecule has 0 aromatic carbocycles. The fourth-order valence-electron chi connectivity index (χ4n) is 1.18. The van der Waals surface area contributed by atoms with Crippen LogP contribution in [0.1, 0.15) is 13.8 Å². The van der Waals surface area contributed by atoms with Gasteiger partial charge >= 0.3 is 0 Å². The summed E-state index contributed by atoms with van der Waals surface area (Å²) in [6, 6.07) is 0. The Labute approximate surface area is 95.8 Å². The van der Waals surface area contributed by atoms with Crippen molar-refractivity contribution in [3.8, 4) is 0 Å². The first-order valence-corrected chi connectivity index (χ1v) is 6.41. The summed E-state index contributed by atoms with van der Waals surface area (Å²) in [5, 5.41) is 0. The first-order chi connectivity index (χ1) is 7.28. The Hall–Kier alpha value is 0.270. The number of methoxy groups -OCH3 is 2. The number of nitrogens with zero attached hydrogens (tertiary/aromatic N) is 2. The topological polar surface area (TPSA) is 24.9 Å². The molecular weight excluding hydrogens is 211 g/mol. The SMILES string of the molecule is CCN(CC)PN(CCOC)CCOC. The van der Waals surface area contributed by atoms with Gasteiger partial charge in [-0.25, -0.2) is 0 Å². The summed E-state index contributed by atoms with van der Waals surface area (Å²) in [6.07, 6.45) is 0. The zero-order chi connectivity index (χ0) is 11.5. The standard InChI is InChI=1S/C10H25N2O2P/c1-5-11(6-2)15-12(7-9-13-3)8-10-14-4/h15H,5-10H2,1-4H3. The van der Waals surface area contributed by atoms with E-state index in [9.17, 15) is 0 Å². The molecule has 0 aromatic heterocycles. The zero-order valence-electron chi connectivity index (χ0n) is 10.5. The van der Waals surface area contributed by atoms with Gasteiger partial charge in [-0.2, -0.15) is 0 Å². The smallest absolute Gasteiger partial charge is 0.0593 e. The molecule has 5 heteroatoms. The van der Waals surface area contributed by atoms with E-state index >= 15 is 0 Å². The molecule has 0 spiro atoms. The van der Waals surface area contributed by atoms with Gasteiger partial charge < -0.3 is 9.47 Å². The van der Waals surface area contributed by atoms with Crippen LogP contribution in [0.3, 0.4) is 0 Å². The second kappa shape index (κ2) is 10.8. The Morgan fingerprint density at radius 2 is 1.33 bits per heavy atom. The first-order valence-electron chi connectivity index (χ1n) is 5.52. The Kier molecular flexibility index (Phi) is 11.0. The van der Waals surface area contributed by atoms with Crippen molar-refractivity contribution in [2.24, 2.45) is 0 Å². The van der Waals surface area contributed by atoms with Crippen molar-refractivity contribution >= 4 is 8.88 Å². The molecule has 0 rings (SSSR count). The highest BCUT2D eigenvalue weighted by Gasteiger charge is 2.08. The van der Waals surface area contributed by atoms with Crippen LogP contribution in [0.15, 0.2) is 0 Å². The Morgan fingerprint density at radius 1 is 0.867 bits per heavy atom. The second-order valence-electron chi connectivity index (χ2n) is 3.24. The molecule has 1 unspecified atom stereocenters. The maximum absolute atomic E-state index is 5.10. The molecule has 0 saturated heterocycles. The summed E-state index contributed by atoms with van der Waals surface area (Å²) in [7, 11) is 4.23. The van der Waals surface area contributed by atoms with E-state index in [-0.39, 0.29) is 0 Å². The summed E-state index contributed by atoms with van der Waals surface area (Å²) in [4.78, 5) is 0. The lowest BCUT2D eigenvalue weighted by Crippen LogP contribution is -2.28. The van der Waals surface area contributed by atoms with Crippen LogP contribution in [0, 0.1) is 0 Å². The second-order valence-corrected chi connectivity index (χ2v) is 4.71. The molecule has 4 nitrogen and oxygen atoms in total. The van der Waals surface area contributed by atoms with E-state index in [1.807, 2.05) is 0 Å². The molecule has 15 heavy (non-hydrogen) atoms. The van der Waals surface area contributed by atoms with E-state index in [1.165, 1.54) is 0 Å². The highest BCUT2D eigenvalue weighted by molar-refractivity contribution is 7.32. The molecule has 0 aromatic rings. The van der Waals surface area contributed by atoms with Crippen LogP contribution in [0.2, 0.25) is 0 Å². The lowest BCUT2D eigenvalue weighted by Gasteiger charge is -2.28. The number of ether oxygens (including phenoxy) is 2. The fraction of sp³-hybridized carbons (Fsp3) is 1.00. The van der Waals surface area contributed by atoms with Crippen LogP contribution >= 0.6 is 8.88 Å². The van der Waals surface area contributed by atoms with Gasteiger partial charge in [0, 0.05) is 49.3 Å². The van der Waals surface area contributed by atoms with Gasteiger partial charge in [-0.05, 0) is 0 Å². The molecule has 0 radical (unpaired) electrons. The molecule has 0 N–H and O–H groups in total. The monoisotopic (exact) mass is 236 g/mol. The minimum absolute atomic E-state index is 0.741. The predicted molar refractivity (Wildman–Crippen MR) is 66.6 cm³/mol. The maximum Gasteiger partial charge on any atom is 0.0593 e. The van der Waals surface area contributed by atoms with E-state index in [4.69, 9.17) is 9.47 Å². The van der Waals surface area contributed by atoms with Crippen molar-refractivity contribution < 1.29 is 9.47 Å². The minimum Gasteiger partial charge on any atom is -0.383 e. The van der Waals surface area contributed by atoms with E-state index in [0.717, 1.165) is 48.3 Å². The van der Waals surface area contributed by atoms with Crippen molar-refractivity contribution in [3.05, 3.63) is 0 Å². The largest absolute Gasteiger partial charge is 0.383 e. The van der Waals surface area contributed by atoms with Gasteiger partial charge in [0.2, 0.25) is 0 Å². The van der Waals surface area contributed by atoms with Crippen LogP contribution in [-0.2, 0) is 9.47 Å². The first kappa shape index (κ1) is 15.3. The lowest BCUT2D eigenvalue weighted by atomic mass is 10.6. The van der Waals surface area contributed by atoms with Crippen molar-refractivity contribution in [2.45, 2.75) is 13.8 Å². The normalized spacial score (nSPS) is 12.4. The third-order valence-electron chi connectivity index (χ3n) is 2.18. The Morgan fingerprint density at radius 3 is 1.67 bits per heavy atom. The van der Waals surface area contributed by atoms with Crippen LogP contribution in [0.25, 0.3) is 0 Å². The van der Waals surface area contributed by atoms with Crippen LogP contribution in [0.5, 0.6) is 0 Å². The highest BCUT2D eigenvalue weighted by Crippen LogP contribution is 2.22. The molecular formula is C10H25N2O2P. The molecule has 92 valence electrons. The molecule has 0 aliphatic heterocycles. The summed E-state index contributed by atoms with van der Waals surface area (Å²) in [5.74, 6) is 0. The summed E-state index contributed by atoms with van der Waals surface area (Å²) in [6.45, 7) is 10.1. The number of hydrogen-bond donors (Lipinski definition) is 0. The van der Waals surface area contributed by atoms with Crippen molar-refractivity contribution in [1.82, 2.24) is 9.34 Å². The average Bonchev–Trinajstić information content (AvgIpc) is 2.28. The van der Waals surface area contributed by atoms with Crippen LogP contribution in [-0.4, -0.2) is 63.0 Å². The predicted octanol–water partition coefficient (Wildman–Crippen LogP) is 1.43. The van der Waals surface area contributed by atoms with Gasteiger partial charge in [-0.3, -0.25) is 9.34 Å². The maximum atomic E-state index is 5.10. The van der Waals surface area contributed by atoms with E-state index in [1.54, 1.807) is 14.2 Å². The molecule has 0 amide bonds. The Bertz CT molecular complexity index is 127. The van der Waals surface area contributed by atoms with Gasteiger partial charge in [0.25, 0.3) is 0 Å². The van der Waals surface area contributed by atoms with Gasteiger partial charge in [0.1, 0.15) is 0 Å². The van der Waals surface area contributed by atoms with Gasteiger partial charge in [0.05, 0.1) is 13.2 Å². The third-order valence-corrected chi connectivity index (χ3v) is 3.82. The lowest BCUT2D eigenvalue weighted by molar-refractivity contribution is 0.151. The van der Waals surface area contributed by atoms with Gasteiger partial charge in [0.15, 0.2) is 0 Å². The quantitative estimate of drug-likeness (QED) is 0.536. The van der Waals surface area contributed by atoms with Gasteiger partial charge in [-0.1, -0.05) is 13.8 Å². The summed E-state index contributed by atoms with van der Waals surface area (Å²) < 4.78 is 15.0. The van der Waals surface area contributed by atoms with Crippen molar-refractivity contribution in [3.63, 3.8) is 0 Å². The van der Waals surface area contributed by atoms with E-state index in [0.29, 0.717) is 0 Å².